The molecule has 0 amide bonds. The maximum Gasteiger partial charge on any atom is 0.333 e. The normalized spacial score (nSPS) is 10.7. The lowest BCUT2D eigenvalue weighted by molar-refractivity contribution is -0.162. The number of hydrogen-bond acceptors (Lipinski definition) is 11. The Kier molecular flexibility index (Phi) is 19.9. The highest BCUT2D eigenvalue weighted by atomic mass is 19.1. The van der Waals surface area contributed by atoms with Crippen LogP contribution in [0.1, 0.15) is 95.8 Å². The van der Waals surface area contributed by atoms with E-state index in [1.807, 2.05) is 19.1 Å². The third kappa shape index (κ3) is 15.8. The van der Waals surface area contributed by atoms with Gasteiger partial charge in [0.25, 0.3) is 0 Å². The summed E-state index contributed by atoms with van der Waals surface area (Å²) in [5.74, 6) is -3.02. The average Bonchev–Trinajstić information content (AvgIpc) is 3.15. The van der Waals surface area contributed by atoms with Gasteiger partial charge in [0.2, 0.25) is 0 Å². The quantitative estimate of drug-likeness (QED) is 0.0417. The number of carbonyl (C=O) groups excluding carboxylic acids is 4. The Balaban J connectivity index is 2.59. The molecule has 0 radical (unpaired) electrons. The molecule has 0 saturated carbocycles. The molecule has 0 unspecified atom stereocenters. The first-order valence-electron chi connectivity index (χ1n) is 18.6. The van der Waals surface area contributed by atoms with Crippen LogP contribution in [0.5, 0.6) is 5.75 Å². The van der Waals surface area contributed by atoms with Crippen molar-refractivity contribution in [3.63, 3.8) is 0 Å². The van der Waals surface area contributed by atoms with Gasteiger partial charge in [0.05, 0.1) is 18.7 Å². The van der Waals surface area contributed by atoms with Crippen LogP contribution in [0.3, 0.4) is 0 Å². The molecule has 0 fully saturated rings. The number of carbonyl (C=O) groups is 4. The number of rotatable bonds is 25. The molecular weight excluding hydrogens is 707 g/mol. The number of halogens is 1. The molecule has 0 aliphatic carbocycles. The highest BCUT2D eigenvalue weighted by molar-refractivity contribution is 5.87. The minimum Gasteiger partial charge on any atom is -0.492 e. The van der Waals surface area contributed by atoms with E-state index in [-0.39, 0.29) is 30.2 Å². The summed E-state index contributed by atoms with van der Waals surface area (Å²) in [6.45, 7) is 12.6. The lowest BCUT2D eigenvalue weighted by atomic mass is 9.91. The van der Waals surface area contributed by atoms with Gasteiger partial charge in [0.15, 0.2) is 0 Å². The highest BCUT2D eigenvalue weighted by Crippen LogP contribution is 2.35. The molecule has 0 saturated heterocycles. The molecule has 0 aliphatic rings. The second kappa shape index (κ2) is 24.0. The van der Waals surface area contributed by atoms with Gasteiger partial charge in [0.1, 0.15) is 56.3 Å². The van der Waals surface area contributed by atoms with E-state index in [1.165, 1.54) is 13.3 Å². The van der Waals surface area contributed by atoms with Crippen molar-refractivity contribution in [2.45, 2.75) is 98.3 Å². The zero-order valence-corrected chi connectivity index (χ0v) is 32.6. The minimum atomic E-state index is -1.50. The van der Waals surface area contributed by atoms with Crippen LogP contribution in [-0.4, -0.2) is 56.9 Å². The first kappa shape index (κ1) is 45.7. The Morgan fingerprint density at radius 3 is 1.87 bits per heavy atom. The summed E-state index contributed by atoms with van der Waals surface area (Å²) in [4.78, 5) is 49.2. The standard InChI is InChI=1S/C43H53FN2O9/c1-7-9-10-11-12-14-32-16-17-35(37(44)23-32)36-24-34(15-13-22-51-41(49)30(3)4)38(25-33(36)8-2)52-26-43(27-53-39(47)18-20-45,28-54-40(48)19-21-46)29-55-42(50)31(5)6/h16-17,23-25H,3,5,7-15,18-19,22,26-29H2,1-2,4,6H3. The van der Waals surface area contributed by atoms with Gasteiger partial charge in [-0.25, -0.2) is 14.0 Å². The van der Waals surface area contributed by atoms with Crippen LogP contribution in [0.4, 0.5) is 4.39 Å². The minimum absolute atomic E-state index is 0.0712. The number of esters is 4. The molecular formula is C43H53FN2O9. The first-order chi connectivity index (χ1) is 26.3. The van der Waals surface area contributed by atoms with Crippen LogP contribution < -0.4 is 4.74 Å². The Morgan fingerprint density at radius 1 is 0.709 bits per heavy atom. The summed E-state index contributed by atoms with van der Waals surface area (Å²) in [5.41, 5.74) is 2.24. The number of nitrogens with zero attached hydrogens (tertiary/aromatic N) is 2. The molecule has 0 spiro atoms. The Hall–Kier alpha value is -5.49. The van der Waals surface area contributed by atoms with E-state index in [0.717, 1.165) is 43.2 Å². The number of nitriles is 2. The van der Waals surface area contributed by atoms with E-state index in [4.69, 9.17) is 34.2 Å². The number of hydrogen-bond donors (Lipinski definition) is 0. The van der Waals surface area contributed by atoms with Crippen LogP contribution in [-0.2, 0) is 57.4 Å². The molecule has 55 heavy (non-hydrogen) atoms. The molecule has 0 atom stereocenters. The largest absolute Gasteiger partial charge is 0.492 e. The summed E-state index contributed by atoms with van der Waals surface area (Å²) in [5, 5.41) is 18.0. The summed E-state index contributed by atoms with van der Waals surface area (Å²) in [7, 11) is 0. The van der Waals surface area contributed by atoms with Crippen molar-refractivity contribution in [3.05, 3.63) is 77.1 Å². The van der Waals surface area contributed by atoms with Gasteiger partial charge < -0.3 is 23.7 Å². The zero-order valence-electron chi connectivity index (χ0n) is 32.6. The van der Waals surface area contributed by atoms with Gasteiger partial charge in [0, 0.05) is 16.7 Å². The van der Waals surface area contributed by atoms with Crippen LogP contribution in [0.25, 0.3) is 11.1 Å². The number of aryl methyl sites for hydroxylation is 3. The van der Waals surface area contributed by atoms with Gasteiger partial charge in [-0.05, 0) is 86.4 Å². The monoisotopic (exact) mass is 760 g/mol. The Labute approximate surface area is 324 Å². The maximum absolute atomic E-state index is 15.8. The molecule has 2 rings (SSSR count). The van der Waals surface area contributed by atoms with Gasteiger partial charge in [-0.3, -0.25) is 9.59 Å². The van der Waals surface area contributed by atoms with Crippen LogP contribution >= 0.6 is 0 Å². The summed E-state index contributed by atoms with van der Waals surface area (Å²) >= 11 is 0. The van der Waals surface area contributed by atoms with Crippen molar-refractivity contribution >= 4 is 23.9 Å². The second-order valence-electron chi connectivity index (χ2n) is 13.6. The molecule has 2 aromatic rings. The Morgan fingerprint density at radius 2 is 1.31 bits per heavy atom. The predicted octanol–water partition coefficient (Wildman–Crippen LogP) is 8.02. The molecule has 2 aromatic carbocycles. The van der Waals surface area contributed by atoms with Crippen molar-refractivity contribution in [3.8, 4) is 29.0 Å². The van der Waals surface area contributed by atoms with Crippen molar-refractivity contribution in [2.24, 2.45) is 5.41 Å². The van der Waals surface area contributed by atoms with Crippen LogP contribution in [0.15, 0.2) is 54.6 Å². The third-order valence-electron chi connectivity index (χ3n) is 8.65. The fraction of sp³-hybridized carbons (Fsp3) is 0.488. The topological polar surface area (TPSA) is 162 Å². The maximum atomic E-state index is 15.8. The van der Waals surface area contributed by atoms with Crippen LogP contribution in [0.2, 0.25) is 0 Å². The van der Waals surface area contributed by atoms with Gasteiger partial charge in [-0.1, -0.05) is 64.8 Å². The average molecular weight is 761 g/mol. The fourth-order valence-electron chi connectivity index (χ4n) is 5.48. The molecule has 0 aromatic heterocycles. The number of unbranched alkanes of at least 4 members (excludes halogenated alkanes) is 4. The molecule has 0 N–H and O–H groups in total. The number of ether oxygens (including phenoxy) is 5. The van der Waals surface area contributed by atoms with Crippen LogP contribution in [0, 0.1) is 33.9 Å². The molecule has 296 valence electrons. The summed E-state index contributed by atoms with van der Waals surface area (Å²) in [6.07, 6.45) is 6.42. The van der Waals surface area contributed by atoms with Crippen molar-refractivity contribution in [1.29, 1.82) is 10.5 Å². The van der Waals surface area contributed by atoms with Gasteiger partial charge >= 0.3 is 23.9 Å². The smallest absolute Gasteiger partial charge is 0.333 e. The van der Waals surface area contributed by atoms with E-state index in [1.54, 1.807) is 37.3 Å². The van der Waals surface area contributed by atoms with Crippen molar-refractivity contribution in [1.82, 2.24) is 0 Å². The molecule has 11 nitrogen and oxygen atoms in total. The van der Waals surface area contributed by atoms with E-state index in [2.05, 4.69) is 20.1 Å². The van der Waals surface area contributed by atoms with E-state index < -0.39 is 62.0 Å². The lowest BCUT2D eigenvalue weighted by Gasteiger charge is -2.32. The zero-order chi connectivity index (χ0) is 40.8. The molecule has 12 heteroatoms. The highest BCUT2D eigenvalue weighted by Gasteiger charge is 2.38. The second-order valence-corrected chi connectivity index (χ2v) is 13.6. The molecule has 0 heterocycles. The number of benzene rings is 2. The third-order valence-corrected chi connectivity index (χ3v) is 8.65. The first-order valence-corrected chi connectivity index (χ1v) is 18.6. The van der Waals surface area contributed by atoms with Crippen molar-refractivity contribution in [2.75, 3.05) is 33.0 Å². The molecule has 0 bridgehead atoms. The van der Waals surface area contributed by atoms with Gasteiger partial charge in [-0.2, -0.15) is 10.5 Å². The van der Waals surface area contributed by atoms with Crippen molar-refractivity contribution < 1.29 is 47.3 Å². The summed E-state index contributed by atoms with van der Waals surface area (Å²) in [6, 6.07) is 12.3. The SMILES string of the molecule is C=C(C)C(=O)OCCCc1cc(-c2ccc(CCCCCCC)cc2F)c(CC)cc1OCC(COC(=O)CC#N)(COC(=O)CC#N)COC(=O)C(=C)C. The van der Waals surface area contributed by atoms with Gasteiger partial charge in [-0.15, -0.1) is 0 Å². The van der Waals surface area contributed by atoms with E-state index in [9.17, 15) is 19.2 Å². The molecule has 0 aliphatic heterocycles. The Bertz CT molecular complexity index is 1720. The lowest BCUT2D eigenvalue weighted by Crippen LogP contribution is -2.44. The summed E-state index contributed by atoms with van der Waals surface area (Å²) < 4.78 is 43.7. The van der Waals surface area contributed by atoms with E-state index in [0.29, 0.717) is 41.7 Å². The fourth-order valence-corrected chi connectivity index (χ4v) is 5.48. The predicted molar refractivity (Wildman–Crippen MR) is 204 cm³/mol. The van der Waals surface area contributed by atoms with E-state index >= 15 is 4.39 Å².